The Kier molecular flexibility index (Phi) is 7.32. The minimum Gasteiger partial charge on any atom is -0.394 e. The van der Waals surface area contributed by atoms with E-state index < -0.39 is 28.7 Å². The van der Waals surface area contributed by atoms with Crippen LogP contribution < -0.4 is 10.6 Å². The lowest BCUT2D eigenvalue weighted by molar-refractivity contribution is -0.142. The number of thioether (sulfide) groups is 1. The van der Waals surface area contributed by atoms with Crippen LogP contribution in [0.1, 0.15) is 51.1 Å². The summed E-state index contributed by atoms with van der Waals surface area (Å²) in [6.07, 6.45) is 3.24. The Morgan fingerprint density at radius 2 is 1.78 bits per heavy atom. The molecule has 2 aromatic rings. The number of likely N-dealkylation sites (tertiary alicyclic amines) is 1. The Morgan fingerprint density at radius 3 is 2.43 bits per heavy atom. The molecule has 7 atom stereocenters. The molecule has 8 heteroatoms. The average molecular weight is 522 g/mol. The van der Waals surface area contributed by atoms with E-state index in [1.165, 1.54) is 0 Å². The van der Waals surface area contributed by atoms with Gasteiger partial charge < -0.3 is 20.6 Å². The van der Waals surface area contributed by atoms with Gasteiger partial charge in [-0.05, 0) is 43.9 Å². The Hall–Kier alpha value is -2.84. The number of hydrogen-bond donors (Lipinski definition) is 3. The van der Waals surface area contributed by atoms with Crippen molar-refractivity contribution >= 4 is 35.2 Å². The number of anilines is 1. The Morgan fingerprint density at radius 1 is 1.11 bits per heavy atom. The van der Waals surface area contributed by atoms with Crippen molar-refractivity contribution in [2.45, 2.75) is 67.7 Å². The molecule has 3 aliphatic rings. The van der Waals surface area contributed by atoms with Gasteiger partial charge >= 0.3 is 0 Å². The van der Waals surface area contributed by atoms with Crippen LogP contribution in [0, 0.1) is 11.8 Å². The molecule has 0 aliphatic carbocycles. The molecule has 196 valence electrons. The summed E-state index contributed by atoms with van der Waals surface area (Å²) in [4.78, 5) is 43.4. The van der Waals surface area contributed by atoms with E-state index >= 15 is 0 Å². The fourth-order valence-electron chi connectivity index (χ4n) is 6.63. The van der Waals surface area contributed by atoms with E-state index in [-0.39, 0.29) is 35.6 Å². The predicted molar refractivity (Wildman–Crippen MR) is 145 cm³/mol. The van der Waals surface area contributed by atoms with Crippen LogP contribution in [0.25, 0.3) is 0 Å². The minimum atomic E-state index is -0.758. The maximum atomic E-state index is 14.3. The molecular formula is C29H35N3O4S. The molecule has 0 saturated carbocycles. The number of benzene rings is 2. The largest absolute Gasteiger partial charge is 0.394 e. The van der Waals surface area contributed by atoms with Crippen molar-refractivity contribution in [1.82, 2.24) is 10.2 Å². The number of nitrogens with one attached hydrogen (secondary N) is 2. The minimum absolute atomic E-state index is 0.0209. The summed E-state index contributed by atoms with van der Waals surface area (Å²) in [6.45, 7) is 3.75. The Bertz CT molecular complexity index is 1150. The van der Waals surface area contributed by atoms with E-state index in [0.29, 0.717) is 12.1 Å². The molecule has 3 aliphatic heterocycles. The maximum absolute atomic E-state index is 14.3. The number of rotatable bonds is 9. The highest BCUT2D eigenvalue weighted by Crippen LogP contribution is 2.67. The van der Waals surface area contributed by atoms with Crippen LogP contribution in [0.15, 0.2) is 60.7 Å². The molecule has 2 aromatic carbocycles. The summed E-state index contributed by atoms with van der Waals surface area (Å²) < 4.78 is -0.696. The van der Waals surface area contributed by atoms with Crippen LogP contribution in [0.4, 0.5) is 5.69 Å². The third kappa shape index (κ3) is 4.44. The van der Waals surface area contributed by atoms with Gasteiger partial charge in [0, 0.05) is 17.0 Å². The zero-order chi connectivity index (χ0) is 26.2. The van der Waals surface area contributed by atoms with Gasteiger partial charge in [-0.25, -0.2) is 0 Å². The summed E-state index contributed by atoms with van der Waals surface area (Å²) in [5, 5.41) is 16.6. The van der Waals surface area contributed by atoms with Gasteiger partial charge in [0.05, 0.1) is 29.2 Å². The molecule has 3 unspecified atom stereocenters. The fraction of sp³-hybridized carbons (Fsp3) is 0.483. The molecule has 3 amide bonds. The van der Waals surface area contributed by atoms with Gasteiger partial charge in [0.2, 0.25) is 17.7 Å². The Labute approximate surface area is 222 Å². The van der Waals surface area contributed by atoms with Crippen LogP contribution in [0.3, 0.4) is 0 Å². The lowest BCUT2D eigenvalue weighted by Crippen LogP contribution is -2.56. The maximum Gasteiger partial charge on any atom is 0.244 e. The standard InChI is InChI=1S/C29H35N3O4S/c1-3-10-18(2)30-27(35)25-29-16-15-22(37-29)23(26(34)31-20-13-8-5-9-14-20)24(29)28(36)32(25)21(17-33)19-11-6-4-7-12-19/h4-9,11-14,18,21-25,33H,3,10,15-17H2,1-2H3,(H,30,35)(H,31,34)/t18?,21-,22-,23+,24+,25?,29?/m1/s1. The fourth-order valence-corrected chi connectivity index (χ4v) is 8.84. The molecule has 2 bridgehead atoms. The van der Waals surface area contributed by atoms with Crippen molar-refractivity contribution in [3.8, 4) is 0 Å². The van der Waals surface area contributed by atoms with Crippen LogP contribution in [0.5, 0.6) is 0 Å². The lowest BCUT2D eigenvalue weighted by Gasteiger charge is -2.37. The number of carbonyl (C=O) groups excluding carboxylic acids is 3. The molecule has 3 N–H and O–H groups in total. The molecule has 3 saturated heterocycles. The number of fused-ring (bicyclic) bond motifs is 1. The van der Waals surface area contributed by atoms with E-state index in [9.17, 15) is 19.5 Å². The molecule has 0 aromatic heterocycles. The first kappa shape index (κ1) is 25.8. The van der Waals surface area contributed by atoms with Gasteiger partial charge in [-0.3, -0.25) is 14.4 Å². The van der Waals surface area contributed by atoms with Gasteiger partial charge in [-0.15, -0.1) is 11.8 Å². The number of carbonyl (C=O) groups is 3. The van der Waals surface area contributed by atoms with Crippen LogP contribution >= 0.6 is 11.8 Å². The molecule has 3 fully saturated rings. The SMILES string of the molecule is CCCC(C)NC(=O)C1N([C@H](CO)c2ccccc2)C(=O)[C@@H]2[C@@H](C(=O)Nc3ccccc3)[C@H]3CCC12S3. The number of aliphatic hydroxyl groups excluding tert-OH is 1. The van der Waals surface area contributed by atoms with Gasteiger partial charge in [0.1, 0.15) is 6.04 Å². The van der Waals surface area contributed by atoms with Crippen LogP contribution in [-0.4, -0.2) is 56.4 Å². The summed E-state index contributed by atoms with van der Waals surface area (Å²) in [5.74, 6) is -1.73. The highest BCUT2D eigenvalue weighted by Gasteiger charge is 2.74. The lowest BCUT2D eigenvalue weighted by atomic mass is 9.70. The number of aliphatic hydroxyl groups is 1. The molecule has 1 spiro atoms. The first-order valence-corrected chi connectivity index (χ1v) is 14.1. The topological polar surface area (TPSA) is 98.7 Å². The van der Waals surface area contributed by atoms with Crippen molar-refractivity contribution in [3.63, 3.8) is 0 Å². The second-order valence-electron chi connectivity index (χ2n) is 10.5. The van der Waals surface area contributed by atoms with Crippen LogP contribution in [-0.2, 0) is 14.4 Å². The molecular weight excluding hydrogens is 486 g/mol. The van der Waals surface area contributed by atoms with Crippen molar-refractivity contribution in [1.29, 1.82) is 0 Å². The second kappa shape index (κ2) is 10.5. The average Bonchev–Trinajstić information content (AvgIpc) is 3.54. The number of hydrogen-bond acceptors (Lipinski definition) is 5. The number of para-hydroxylation sites is 1. The third-order valence-electron chi connectivity index (χ3n) is 8.13. The van der Waals surface area contributed by atoms with Crippen molar-refractivity contribution in [2.24, 2.45) is 11.8 Å². The third-order valence-corrected chi connectivity index (χ3v) is 10.1. The predicted octanol–water partition coefficient (Wildman–Crippen LogP) is 3.75. The quantitative estimate of drug-likeness (QED) is 0.467. The zero-order valence-electron chi connectivity index (χ0n) is 21.3. The summed E-state index contributed by atoms with van der Waals surface area (Å²) in [5.41, 5.74) is 1.47. The summed E-state index contributed by atoms with van der Waals surface area (Å²) in [7, 11) is 0. The van der Waals surface area contributed by atoms with E-state index in [1.807, 2.05) is 67.6 Å². The highest BCUT2D eigenvalue weighted by atomic mass is 32.2. The van der Waals surface area contributed by atoms with Gasteiger partial charge in [0.15, 0.2) is 0 Å². The van der Waals surface area contributed by atoms with E-state index in [2.05, 4.69) is 17.6 Å². The monoisotopic (exact) mass is 521 g/mol. The van der Waals surface area contributed by atoms with Crippen molar-refractivity contribution < 1.29 is 19.5 Å². The molecule has 7 nitrogen and oxygen atoms in total. The van der Waals surface area contributed by atoms with Gasteiger partial charge in [0.25, 0.3) is 0 Å². The molecule has 0 radical (unpaired) electrons. The van der Waals surface area contributed by atoms with Crippen LogP contribution in [0.2, 0.25) is 0 Å². The summed E-state index contributed by atoms with van der Waals surface area (Å²) in [6, 6.07) is 17.2. The molecule has 5 rings (SSSR count). The van der Waals surface area contributed by atoms with Crippen molar-refractivity contribution in [3.05, 3.63) is 66.2 Å². The summed E-state index contributed by atoms with van der Waals surface area (Å²) >= 11 is 1.64. The van der Waals surface area contributed by atoms with E-state index in [0.717, 1.165) is 24.8 Å². The van der Waals surface area contributed by atoms with Gasteiger partial charge in [-0.2, -0.15) is 0 Å². The molecule has 3 heterocycles. The Balaban J connectivity index is 1.53. The van der Waals surface area contributed by atoms with Gasteiger partial charge in [-0.1, -0.05) is 61.9 Å². The van der Waals surface area contributed by atoms with E-state index in [4.69, 9.17) is 0 Å². The number of amides is 3. The zero-order valence-corrected chi connectivity index (χ0v) is 22.1. The van der Waals surface area contributed by atoms with E-state index in [1.54, 1.807) is 16.7 Å². The second-order valence-corrected chi connectivity index (χ2v) is 12.1. The smallest absolute Gasteiger partial charge is 0.244 e. The first-order chi connectivity index (χ1) is 17.9. The van der Waals surface area contributed by atoms with Crippen molar-refractivity contribution in [2.75, 3.05) is 11.9 Å². The highest BCUT2D eigenvalue weighted by molar-refractivity contribution is 8.02. The first-order valence-electron chi connectivity index (χ1n) is 13.2. The number of nitrogens with zero attached hydrogens (tertiary/aromatic N) is 1. The molecule has 37 heavy (non-hydrogen) atoms. The normalized spacial score (nSPS) is 29.6.